The van der Waals surface area contributed by atoms with E-state index in [-0.39, 0.29) is 6.10 Å². The Morgan fingerprint density at radius 1 is 1.60 bits per heavy atom. The molecule has 0 saturated carbocycles. The second-order valence-corrected chi connectivity index (χ2v) is 4.18. The van der Waals surface area contributed by atoms with Crippen molar-refractivity contribution >= 4 is 0 Å². The summed E-state index contributed by atoms with van der Waals surface area (Å²) in [5, 5.41) is 3.38. The number of ether oxygens (including phenoxy) is 2. The standard InChI is InChI=1S/C11H24N2O2/c1-4-14-10(2)7-12-8-11-9-13(3)5-6-15-11/h10-12H,4-9H2,1-3H3. The summed E-state index contributed by atoms with van der Waals surface area (Å²) in [7, 11) is 2.14. The molecular weight excluding hydrogens is 192 g/mol. The number of hydrogen-bond donors (Lipinski definition) is 1. The van der Waals surface area contributed by atoms with Crippen LogP contribution in [-0.4, -0.2) is 63.5 Å². The molecule has 0 aliphatic carbocycles. The van der Waals surface area contributed by atoms with Crippen molar-refractivity contribution in [3.8, 4) is 0 Å². The summed E-state index contributed by atoms with van der Waals surface area (Å²) in [5.41, 5.74) is 0. The van der Waals surface area contributed by atoms with Crippen molar-refractivity contribution < 1.29 is 9.47 Å². The highest BCUT2D eigenvalue weighted by atomic mass is 16.5. The maximum atomic E-state index is 5.65. The average molecular weight is 216 g/mol. The third-order valence-electron chi connectivity index (χ3n) is 2.60. The molecule has 1 heterocycles. The number of nitrogens with one attached hydrogen (secondary N) is 1. The van der Waals surface area contributed by atoms with Gasteiger partial charge < -0.3 is 19.7 Å². The monoisotopic (exact) mass is 216 g/mol. The fourth-order valence-electron chi connectivity index (χ4n) is 1.78. The van der Waals surface area contributed by atoms with Crippen molar-refractivity contribution in [3.05, 3.63) is 0 Å². The van der Waals surface area contributed by atoms with Crippen molar-refractivity contribution in [3.63, 3.8) is 0 Å². The van der Waals surface area contributed by atoms with Gasteiger partial charge in [-0.25, -0.2) is 0 Å². The summed E-state index contributed by atoms with van der Waals surface area (Å²) in [5.74, 6) is 0. The van der Waals surface area contributed by atoms with Gasteiger partial charge in [-0.1, -0.05) is 0 Å². The lowest BCUT2D eigenvalue weighted by Crippen LogP contribution is -2.45. The summed E-state index contributed by atoms with van der Waals surface area (Å²) in [4.78, 5) is 2.31. The van der Waals surface area contributed by atoms with Crippen molar-refractivity contribution in [2.24, 2.45) is 0 Å². The van der Waals surface area contributed by atoms with Gasteiger partial charge in [0.25, 0.3) is 0 Å². The highest BCUT2D eigenvalue weighted by Crippen LogP contribution is 2.01. The smallest absolute Gasteiger partial charge is 0.0826 e. The number of hydrogen-bond acceptors (Lipinski definition) is 4. The Morgan fingerprint density at radius 3 is 3.07 bits per heavy atom. The van der Waals surface area contributed by atoms with E-state index in [4.69, 9.17) is 9.47 Å². The molecular formula is C11H24N2O2. The molecule has 0 radical (unpaired) electrons. The molecule has 0 spiro atoms. The van der Waals surface area contributed by atoms with Crippen LogP contribution >= 0.6 is 0 Å². The van der Waals surface area contributed by atoms with Crippen LogP contribution in [0.2, 0.25) is 0 Å². The molecule has 1 saturated heterocycles. The molecule has 4 heteroatoms. The predicted octanol–water partition coefficient (Wildman–Crippen LogP) is 0.332. The molecule has 90 valence electrons. The lowest BCUT2D eigenvalue weighted by atomic mass is 10.2. The molecule has 4 nitrogen and oxygen atoms in total. The normalized spacial score (nSPS) is 25.4. The third-order valence-corrected chi connectivity index (χ3v) is 2.60. The molecule has 1 aliphatic heterocycles. The second kappa shape index (κ2) is 7.17. The van der Waals surface area contributed by atoms with Gasteiger partial charge in [-0.05, 0) is 20.9 Å². The summed E-state index contributed by atoms with van der Waals surface area (Å²) in [6.45, 7) is 9.64. The zero-order chi connectivity index (χ0) is 11.1. The van der Waals surface area contributed by atoms with Crippen molar-refractivity contribution in [1.82, 2.24) is 10.2 Å². The van der Waals surface area contributed by atoms with Crippen LogP contribution in [0.5, 0.6) is 0 Å². The molecule has 0 bridgehead atoms. The van der Waals surface area contributed by atoms with Gasteiger partial charge in [-0.3, -0.25) is 0 Å². The lowest BCUT2D eigenvalue weighted by molar-refractivity contribution is -0.0199. The minimum Gasteiger partial charge on any atom is -0.377 e. The van der Waals surface area contributed by atoms with Gasteiger partial charge in [0.05, 0.1) is 18.8 Å². The molecule has 0 aromatic carbocycles. The number of nitrogens with zero attached hydrogens (tertiary/aromatic N) is 1. The molecule has 0 amide bonds. The average Bonchev–Trinajstić information content (AvgIpc) is 2.18. The Morgan fingerprint density at radius 2 is 2.40 bits per heavy atom. The fourth-order valence-corrected chi connectivity index (χ4v) is 1.78. The lowest BCUT2D eigenvalue weighted by Gasteiger charge is -2.30. The largest absolute Gasteiger partial charge is 0.377 e. The van der Waals surface area contributed by atoms with Crippen molar-refractivity contribution in [2.75, 3.05) is 46.4 Å². The van der Waals surface area contributed by atoms with Gasteiger partial charge in [0.2, 0.25) is 0 Å². The zero-order valence-corrected chi connectivity index (χ0v) is 10.2. The molecule has 1 N–H and O–H groups in total. The molecule has 0 aromatic rings. The van der Waals surface area contributed by atoms with E-state index in [1.165, 1.54) is 0 Å². The Kier molecular flexibility index (Phi) is 6.17. The van der Waals surface area contributed by atoms with E-state index in [2.05, 4.69) is 24.2 Å². The Balaban J connectivity index is 2.03. The van der Waals surface area contributed by atoms with Crippen LogP contribution in [0.4, 0.5) is 0 Å². The SMILES string of the molecule is CCOC(C)CNCC1CN(C)CCO1. The van der Waals surface area contributed by atoms with E-state index >= 15 is 0 Å². The van der Waals surface area contributed by atoms with E-state index in [9.17, 15) is 0 Å². The third kappa shape index (κ3) is 5.47. The van der Waals surface area contributed by atoms with E-state index in [1.54, 1.807) is 0 Å². The van der Waals surface area contributed by atoms with E-state index in [0.29, 0.717) is 6.10 Å². The van der Waals surface area contributed by atoms with Crippen molar-refractivity contribution in [2.45, 2.75) is 26.1 Å². The first kappa shape index (κ1) is 12.9. The molecule has 15 heavy (non-hydrogen) atoms. The molecule has 2 unspecified atom stereocenters. The van der Waals surface area contributed by atoms with Crippen molar-refractivity contribution in [1.29, 1.82) is 0 Å². The Labute approximate surface area is 92.9 Å². The van der Waals surface area contributed by atoms with Crippen LogP contribution in [-0.2, 0) is 9.47 Å². The number of rotatable bonds is 6. The van der Waals surface area contributed by atoms with Gasteiger partial charge in [0.15, 0.2) is 0 Å². The van der Waals surface area contributed by atoms with Crippen LogP contribution in [0, 0.1) is 0 Å². The van der Waals surface area contributed by atoms with Gasteiger partial charge in [0.1, 0.15) is 0 Å². The quantitative estimate of drug-likeness (QED) is 0.694. The summed E-state index contributed by atoms with van der Waals surface area (Å²) < 4.78 is 11.1. The van der Waals surface area contributed by atoms with E-state index < -0.39 is 0 Å². The van der Waals surface area contributed by atoms with E-state index in [0.717, 1.165) is 39.4 Å². The molecule has 2 atom stereocenters. The van der Waals surface area contributed by atoms with Crippen LogP contribution in [0.3, 0.4) is 0 Å². The Hall–Kier alpha value is -0.160. The van der Waals surface area contributed by atoms with Gasteiger partial charge in [-0.15, -0.1) is 0 Å². The molecule has 1 fully saturated rings. The van der Waals surface area contributed by atoms with Crippen LogP contribution in [0.25, 0.3) is 0 Å². The van der Waals surface area contributed by atoms with Crippen LogP contribution in [0.15, 0.2) is 0 Å². The van der Waals surface area contributed by atoms with Gasteiger partial charge in [0, 0.05) is 32.8 Å². The highest BCUT2D eigenvalue weighted by molar-refractivity contribution is 4.71. The first-order chi connectivity index (χ1) is 7.22. The first-order valence-electron chi connectivity index (χ1n) is 5.84. The number of likely N-dealkylation sites (N-methyl/N-ethyl adjacent to an activating group) is 1. The van der Waals surface area contributed by atoms with Gasteiger partial charge >= 0.3 is 0 Å². The zero-order valence-electron chi connectivity index (χ0n) is 10.2. The maximum Gasteiger partial charge on any atom is 0.0826 e. The van der Waals surface area contributed by atoms with E-state index in [1.807, 2.05) is 6.92 Å². The maximum absolute atomic E-state index is 5.65. The fraction of sp³-hybridized carbons (Fsp3) is 1.00. The minimum atomic E-state index is 0.288. The Bertz CT molecular complexity index is 167. The predicted molar refractivity (Wildman–Crippen MR) is 61.2 cm³/mol. The highest BCUT2D eigenvalue weighted by Gasteiger charge is 2.17. The topological polar surface area (TPSA) is 33.7 Å². The molecule has 0 aromatic heterocycles. The molecule has 1 rings (SSSR count). The second-order valence-electron chi connectivity index (χ2n) is 4.18. The minimum absolute atomic E-state index is 0.288. The summed E-state index contributed by atoms with van der Waals surface area (Å²) in [6.07, 6.45) is 0.619. The van der Waals surface area contributed by atoms with Crippen LogP contribution in [0.1, 0.15) is 13.8 Å². The first-order valence-corrected chi connectivity index (χ1v) is 5.84. The summed E-state index contributed by atoms with van der Waals surface area (Å²) in [6, 6.07) is 0. The summed E-state index contributed by atoms with van der Waals surface area (Å²) >= 11 is 0. The number of morpholine rings is 1. The van der Waals surface area contributed by atoms with Crippen LogP contribution < -0.4 is 5.32 Å². The molecule has 1 aliphatic rings. The van der Waals surface area contributed by atoms with Gasteiger partial charge in [-0.2, -0.15) is 0 Å².